The summed E-state index contributed by atoms with van der Waals surface area (Å²) in [4.78, 5) is 0. The van der Waals surface area contributed by atoms with Gasteiger partial charge in [0.05, 0.1) is 18.3 Å². The first-order chi connectivity index (χ1) is 7.95. The average Bonchev–Trinajstić information content (AvgIpc) is 2.29. The van der Waals surface area contributed by atoms with Crippen LogP contribution < -0.4 is 0 Å². The van der Waals surface area contributed by atoms with E-state index >= 15 is 0 Å². The van der Waals surface area contributed by atoms with E-state index in [1.54, 1.807) is 6.92 Å². The number of aliphatic hydroxyl groups excluding tert-OH is 1. The Bertz CT molecular complexity index is 429. The van der Waals surface area contributed by atoms with E-state index in [0.717, 1.165) is 12.1 Å². The summed E-state index contributed by atoms with van der Waals surface area (Å²) in [5.74, 6) is -2.01. The highest BCUT2D eigenvalue weighted by Gasteiger charge is 2.19. The number of nitriles is 1. The molecular weight excluding hydrogens is 228 g/mol. The molecule has 3 unspecified atom stereocenters. The third kappa shape index (κ3) is 3.48. The van der Waals surface area contributed by atoms with E-state index in [4.69, 9.17) is 10.00 Å². The van der Waals surface area contributed by atoms with Crippen molar-refractivity contribution < 1.29 is 18.6 Å². The highest BCUT2D eigenvalue weighted by molar-refractivity contribution is 5.24. The number of hydrogen-bond acceptors (Lipinski definition) is 3. The van der Waals surface area contributed by atoms with Crippen molar-refractivity contribution in [3.05, 3.63) is 35.4 Å². The quantitative estimate of drug-likeness (QED) is 0.880. The van der Waals surface area contributed by atoms with Crippen molar-refractivity contribution in [3.8, 4) is 6.07 Å². The molecule has 5 heteroatoms. The molecule has 0 heterocycles. The Morgan fingerprint density at radius 2 is 1.94 bits per heavy atom. The lowest BCUT2D eigenvalue weighted by molar-refractivity contribution is -0.0427. The van der Waals surface area contributed by atoms with Gasteiger partial charge in [-0.3, -0.25) is 0 Å². The summed E-state index contributed by atoms with van der Waals surface area (Å²) in [5, 5.41) is 18.1. The largest absolute Gasteiger partial charge is 0.391 e. The Morgan fingerprint density at radius 3 is 2.41 bits per heavy atom. The fourth-order valence-corrected chi connectivity index (χ4v) is 1.19. The van der Waals surface area contributed by atoms with E-state index < -0.39 is 29.9 Å². The Labute approximate surface area is 98.3 Å². The van der Waals surface area contributed by atoms with E-state index in [1.807, 2.05) is 6.07 Å². The average molecular weight is 241 g/mol. The van der Waals surface area contributed by atoms with Gasteiger partial charge in [0.15, 0.2) is 17.7 Å². The summed E-state index contributed by atoms with van der Waals surface area (Å²) in [7, 11) is 0. The molecule has 92 valence electrons. The van der Waals surface area contributed by atoms with Crippen molar-refractivity contribution in [1.82, 2.24) is 0 Å². The van der Waals surface area contributed by atoms with E-state index in [9.17, 15) is 13.9 Å². The van der Waals surface area contributed by atoms with E-state index in [0.29, 0.717) is 0 Å². The zero-order valence-corrected chi connectivity index (χ0v) is 9.52. The van der Waals surface area contributed by atoms with Gasteiger partial charge in [-0.15, -0.1) is 0 Å². The SMILES string of the molecule is CC(O)C(C)OC(C#N)c1ccc(F)c(F)c1. The van der Waals surface area contributed by atoms with Gasteiger partial charge in [0.1, 0.15) is 0 Å². The van der Waals surface area contributed by atoms with Crippen LogP contribution in [0.2, 0.25) is 0 Å². The predicted octanol–water partition coefficient (Wildman–Crippen LogP) is 2.32. The van der Waals surface area contributed by atoms with Crippen LogP contribution in [-0.4, -0.2) is 17.3 Å². The molecule has 0 aromatic heterocycles. The smallest absolute Gasteiger partial charge is 0.169 e. The van der Waals surface area contributed by atoms with E-state index in [1.165, 1.54) is 13.0 Å². The summed E-state index contributed by atoms with van der Waals surface area (Å²) in [6.07, 6.45) is -2.36. The molecule has 1 rings (SSSR count). The van der Waals surface area contributed by atoms with Crippen molar-refractivity contribution in [2.45, 2.75) is 32.2 Å². The fraction of sp³-hybridized carbons (Fsp3) is 0.417. The minimum Gasteiger partial charge on any atom is -0.391 e. The van der Waals surface area contributed by atoms with Gasteiger partial charge in [-0.1, -0.05) is 6.07 Å². The first-order valence-corrected chi connectivity index (χ1v) is 5.13. The molecule has 0 saturated heterocycles. The highest BCUT2D eigenvalue weighted by atomic mass is 19.2. The molecule has 0 aliphatic rings. The summed E-state index contributed by atoms with van der Waals surface area (Å²) in [5.41, 5.74) is 0.221. The van der Waals surface area contributed by atoms with Crippen LogP contribution in [0.25, 0.3) is 0 Å². The zero-order chi connectivity index (χ0) is 13.0. The molecule has 0 saturated carbocycles. The minimum atomic E-state index is -1.03. The molecule has 1 aromatic carbocycles. The minimum absolute atomic E-state index is 0.221. The van der Waals surface area contributed by atoms with Crippen LogP contribution in [-0.2, 0) is 4.74 Å². The van der Waals surface area contributed by atoms with E-state index in [-0.39, 0.29) is 5.56 Å². The van der Waals surface area contributed by atoms with Crippen LogP contribution in [0.15, 0.2) is 18.2 Å². The third-order valence-corrected chi connectivity index (χ3v) is 2.39. The van der Waals surface area contributed by atoms with Gasteiger partial charge in [0, 0.05) is 0 Å². The van der Waals surface area contributed by atoms with Crippen LogP contribution in [0.5, 0.6) is 0 Å². The summed E-state index contributed by atoms with van der Waals surface area (Å²) < 4.78 is 30.9. The highest BCUT2D eigenvalue weighted by Crippen LogP contribution is 2.21. The summed E-state index contributed by atoms with van der Waals surface area (Å²) in [6, 6.07) is 4.96. The number of ether oxygens (including phenoxy) is 1. The number of benzene rings is 1. The van der Waals surface area contributed by atoms with Gasteiger partial charge in [0.2, 0.25) is 0 Å². The fourth-order valence-electron chi connectivity index (χ4n) is 1.19. The van der Waals surface area contributed by atoms with Gasteiger partial charge >= 0.3 is 0 Å². The normalized spacial score (nSPS) is 16.0. The first-order valence-electron chi connectivity index (χ1n) is 5.13. The second-order valence-electron chi connectivity index (χ2n) is 3.76. The van der Waals surface area contributed by atoms with Gasteiger partial charge in [-0.25, -0.2) is 8.78 Å². The molecular formula is C12H13F2NO2. The van der Waals surface area contributed by atoms with Gasteiger partial charge in [-0.05, 0) is 31.5 Å². The molecule has 0 fully saturated rings. The second-order valence-corrected chi connectivity index (χ2v) is 3.76. The molecule has 1 N–H and O–H groups in total. The van der Waals surface area contributed by atoms with Crippen LogP contribution in [0.1, 0.15) is 25.5 Å². The Kier molecular flexibility index (Phi) is 4.55. The maximum absolute atomic E-state index is 13.0. The molecule has 0 amide bonds. The number of halogens is 2. The lowest BCUT2D eigenvalue weighted by atomic mass is 10.1. The lowest BCUT2D eigenvalue weighted by Gasteiger charge is -2.19. The number of rotatable bonds is 4. The number of aliphatic hydroxyl groups is 1. The summed E-state index contributed by atoms with van der Waals surface area (Å²) >= 11 is 0. The van der Waals surface area contributed by atoms with E-state index in [2.05, 4.69) is 0 Å². The van der Waals surface area contributed by atoms with Crippen molar-refractivity contribution in [1.29, 1.82) is 5.26 Å². The van der Waals surface area contributed by atoms with Crippen LogP contribution in [0.3, 0.4) is 0 Å². The standard InChI is InChI=1S/C12H13F2NO2/c1-7(16)8(2)17-12(6-15)9-3-4-10(13)11(14)5-9/h3-5,7-8,12,16H,1-2H3. The molecule has 3 nitrogen and oxygen atoms in total. The monoisotopic (exact) mass is 241 g/mol. The Balaban J connectivity index is 2.87. The van der Waals surface area contributed by atoms with Gasteiger partial charge in [-0.2, -0.15) is 5.26 Å². The molecule has 0 spiro atoms. The van der Waals surface area contributed by atoms with Crippen LogP contribution >= 0.6 is 0 Å². The van der Waals surface area contributed by atoms with Crippen LogP contribution in [0, 0.1) is 23.0 Å². The maximum Gasteiger partial charge on any atom is 0.169 e. The Hall–Kier alpha value is -1.51. The first kappa shape index (κ1) is 13.6. The number of hydrogen-bond donors (Lipinski definition) is 1. The van der Waals surface area contributed by atoms with Gasteiger partial charge < -0.3 is 9.84 Å². The van der Waals surface area contributed by atoms with Crippen molar-refractivity contribution >= 4 is 0 Å². The van der Waals surface area contributed by atoms with Crippen LogP contribution in [0.4, 0.5) is 8.78 Å². The van der Waals surface area contributed by atoms with Crippen molar-refractivity contribution in [2.24, 2.45) is 0 Å². The molecule has 0 radical (unpaired) electrons. The van der Waals surface area contributed by atoms with Gasteiger partial charge in [0.25, 0.3) is 0 Å². The number of nitrogens with zero attached hydrogens (tertiary/aromatic N) is 1. The zero-order valence-electron chi connectivity index (χ0n) is 9.52. The molecule has 1 aromatic rings. The molecule has 0 bridgehead atoms. The van der Waals surface area contributed by atoms with Crippen molar-refractivity contribution in [2.75, 3.05) is 0 Å². The predicted molar refractivity (Wildman–Crippen MR) is 56.9 cm³/mol. The lowest BCUT2D eigenvalue weighted by Crippen LogP contribution is -2.24. The Morgan fingerprint density at radius 1 is 1.29 bits per heavy atom. The molecule has 0 aliphatic carbocycles. The topological polar surface area (TPSA) is 53.2 Å². The van der Waals surface area contributed by atoms with Crippen molar-refractivity contribution in [3.63, 3.8) is 0 Å². The summed E-state index contributed by atoms with van der Waals surface area (Å²) in [6.45, 7) is 3.11. The molecule has 17 heavy (non-hydrogen) atoms. The second kappa shape index (κ2) is 5.71. The molecule has 3 atom stereocenters. The third-order valence-electron chi connectivity index (χ3n) is 2.39. The maximum atomic E-state index is 13.0. The molecule has 0 aliphatic heterocycles.